The maximum Gasteiger partial charge on any atom is 0.397 e. The number of hydrogen-bond acceptors (Lipinski definition) is 4. The molecular weight excluding hydrogens is 367 g/mol. The highest BCUT2D eigenvalue weighted by Crippen LogP contribution is 2.48. The quantitative estimate of drug-likeness (QED) is 0.508. The lowest BCUT2D eigenvalue weighted by Crippen LogP contribution is -2.45. The Hall–Kier alpha value is -2.62. The molecule has 1 aromatic rings. The minimum atomic E-state index is -4.82. The van der Waals surface area contributed by atoms with Gasteiger partial charge in [0.05, 0.1) is 6.54 Å². The molecule has 0 saturated carbocycles. The van der Waals surface area contributed by atoms with Crippen molar-refractivity contribution in [1.82, 2.24) is 15.7 Å². The predicted molar refractivity (Wildman–Crippen MR) is 87.7 cm³/mol. The molecule has 3 amide bonds. The molecule has 1 saturated heterocycles. The predicted octanol–water partition coefficient (Wildman–Crippen LogP) is 1.40. The lowest BCUT2D eigenvalue weighted by molar-refractivity contribution is -0.229. The van der Waals surface area contributed by atoms with Gasteiger partial charge in [-0.15, -0.1) is 0 Å². The van der Waals surface area contributed by atoms with Gasteiger partial charge in [0.2, 0.25) is 11.8 Å². The SMILES string of the molecule is Cc1ccc(C(=O)NCCNC(=O)CC2(C(F)(F)F)CC(=O)N(O)C2)cc1. The highest BCUT2D eigenvalue weighted by Gasteiger charge is 2.61. The summed E-state index contributed by atoms with van der Waals surface area (Å²) in [6.07, 6.45) is -6.78. The van der Waals surface area contributed by atoms with E-state index < -0.39 is 42.8 Å². The first-order valence-electron chi connectivity index (χ1n) is 8.22. The van der Waals surface area contributed by atoms with E-state index in [2.05, 4.69) is 10.6 Å². The Kier molecular flexibility index (Phi) is 6.09. The fraction of sp³-hybridized carbons (Fsp3) is 0.471. The van der Waals surface area contributed by atoms with Crippen LogP contribution in [0.2, 0.25) is 0 Å². The third-order valence-electron chi connectivity index (χ3n) is 4.38. The smallest absolute Gasteiger partial charge is 0.354 e. The summed E-state index contributed by atoms with van der Waals surface area (Å²) in [6, 6.07) is 6.80. The second-order valence-electron chi connectivity index (χ2n) is 6.55. The molecule has 1 aliphatic heterocycles. The molecule has 1 aliphatic rings. The third-order valence-corrected chi connectivity index (χ3v) is 4.38. The molecule has 0 aromatic heterocycles. The van der Waals surface area contributed by atoms with Crippen molar-refractivity contribution < 1.29 is 32.8 Å². The van der Waals surface area contributed by atoms with Crippen molar-refractivity contribution in [3.8, 4) is 0 Å². The van der Waals surface area contributed by atoms with Gasteiger partial charge in [-0.1, -0.05) is 17.7 Å². The van der Waals surface area contributed by atoms with E-state index in [1.165, 1.54) is 0 Å². The molecular formula is C17H20F3N3O4. The van der Waals surface area contributed by atoms with Crippen LogP contribution in [-0.4, -0.2) is 53.8 Å². The fourth-order valence-electron chi connectivity index (χ4n) is 2.77. The first kappa shape index (κ1) is 20.7. The second-order valence-corrected chi connectivity index (χ2v) is 6.55. The second kappa shape index (κ2) is 7.95. The molecule has 2 rings (SSSR count). The molecule has 1 fully saturated rings. The monoisotopic (exact) mass is 387 g/mol. The summed E-state index contributed by atoms with van der Waals surface area (Å²) >= 11 is 0. The normalized spacial score (nSPS) is 19.9. The molecule has 0 bridgehead atoms. The molecule has 0 spiro atoms. The van der Waals surface area contributed by atoms with Crippen LogP contribution in [0.1, 0.15) is 28.8 Å². The zero-order chi connectivity index (χ0) is 20.2. The van der Waals surface area contributed by atoms with E-state index in [0.29, 0.717) is 5.56 Å². The first-order valence-corrected chi connectivity index (χ1v) is 8.22. The highest BCUT2D eigenvalue weighted by molar-refractivity contribution is 5.94. The maximum atomic E-state index is 13.3. The Morgan fingerprint density at radius 3 is 2.30 bits per heavy atom. The van der Waals surface area contributed by atoms with Gasteiger partial charge in [-0.3, -0.25) is 19.6 Å². The highest BCUT2D eigenvalue weighted by atomic mass is 19.4. The summed E-state index contributed by atoms with van der Waals surface area (Å²) in [6.45, 7) is 0.857. The topological polar surface area (TPSA) is 98.7 Å². The van der Waals surface area contributed by atoms with Crippen molar-refractivity contribution in [3.63, 3.8) is 0 Å². The molecule has 148 valence electrons. The molecule has 0 aliphatic carbocycles. The van der Waals surface area contributed by atoms with E-state index in [9.17, 15) is 32.8 Å². The van der Waals surface area contributed by atoms with Gasteiger partial charge < -0.3 is 10.6 Å². The van der Waals surface area contributed by atoms with Gasteiger partial charge in [0, 0.05) is 31.5 Å². The number of carbonyl (C=O) groups is 3. The number of aryl methyl sites for hydroxylation is 1. The summed E-state index contributed by atoms with van der Waals surface area (Å²) in [5.41, 5.74) is -1.20. The first-order chi connectivity index (χ1) is 12.5. The standard InChI is InChI=1S/C17H20F3N3O4/c1-11-2-4-12(5-3-11)15(26)22-7-6-21-13(24)8-16(17(18,19)20)9-14(25)23(27)10-16/h2-5,27H,6-10H2,1H3,(H,21,24)(H,22,26). The Labute approximate surface area is 153 Å². The van der Waals surface area contributed by atoms with Crippen molar-refractivity contribution in [2.45, 2.75) is 25.9 Å². The van der Waals surface area contributed by atoms with Crippen molar-refractivity contribution in [2.24, 2.45) is 5.41 Å². The van der Waals surface area contributed by atoms with E-state index >= 15 is 0 Å². The molecule has 7 nitrogen and oxygen atoms in total. The number of nitrogens with one attached hydrogen (secondary N) is 2. The number of benzene rings is 1. The number of rotatable bonds is 6. The summed E-state index contributed by atoms with van der Waals surface area (Å²) in [5.74, 6) is -2.36. The van der Waals surface area contributed by atoms with Crippen LogP contribution in [-0.2, 0) is 9.59 Å². The Morgan fingerprint density at radius 2 is 1.78 bits per heavy atom. The van der Waals surface area contributed by atoms with E-state index in [4.69, 9.17) is 0 Å². The molecule has 1 aromatic carbocycles. The summed E-state index contributed by atoms with van der Waals surface area (Å²) in [7, 11) is 0. The summed E-state index contributed by atoms with van der Waals surface area (Å²) < 4.78 is 39.9. The van der Waals surface area contributed by atoms with Gasteiger partial charge in [0.1, 0.15) is 5.41 Å². The Bertz CT molecular complexity index is 721. The van der Waals surface area contributed by atoms with Crippen LogP contribution in [0, 0.1) is 12.3 Å². The molecule has 1 atom stereocenters. The molecule has 1 heterocycles. The van der Waals surface area contributed by atoms with Crippen LogP contribution in [0.15, 0.2) is 24.3 Å². The van der Waals surface area contributed by atoms with E-state index in [1.807, 2.05) is 6.92 Å². The lowest BCUT2D eigenvalue weighted by atomic mass is 9.82. The number of hydroxylamine groups is 2. The summed E-state index contributed by atoms with van der Waals surface area (Å²) in [4.78, 5) is 35.1. The number of carbonyl (C=O) groups excluding carboxylic acids is 3. The molecule has 27 heavy (non-hydrogen) atoms. The van der Waals surface area contributed by atoms with Gasteiger partial charge in [-0.25, -0.2) is 5.06 Å². The van der Waals surface area contributed by atoms with Crippen molar-refractivity contribution in [1.29, 1.82) is 0 Å². The number of alkyl halides is 3. The van der Waals surface area contributed by atoms with Crippen LogP contribution < -0.4 is 10.6 Å². The minimum absolute atomic E-state index is 0.0113. The minimum Gasteiger partial charge on any atom is -0.354 e. The van der Waals surface area contributed by atoms with Crippen LogP contribution >= 0.6 is 0 Å². The maximum absolute atomic E-state index is 13.3. The van der Waals surface area contributed by atoms with Crippen molar-refractivity contribution in [3.05, 3.63) is 35.4 Å². The van der Waals surface area contributed by atoms with Gasteiger partial charge >= 0.3 is 6.18 Å². The van der Waals surface area contributed by atoms with Gasteiger partial charge in [0.25, 0.3) is 5.91 Å². The Morgan fingerprint density at radius 1 is 1.19 bits per heavy atom. The Balaban J connectivity index is 1.82. The van der Waals surface area contributed by atoms with E-state index in [0.717, 1.165) is 5.56 Å². The number of halogens is 3. The average Bonchev–Trinajstić information content (AvgIpc) is 2.87. The lowest BCUT2D eigenvalue weighted by Gasteiger charge is -2.29. The van der Waals surface area contributed by atoms with Crippen LogP contribution in [0.5, 0.6) is 0 Å². The zero-order valence-electron chi connectivity index (χ0n) is 14.6. The average molecular weight is 387 g/mol. The molecule has 0 radical (unpaired) electrons. The van der Waals surface area contributed by atoms with Crippen molar-refractivity contribution >= 4 is 17.7 Å². The van der Waals surface area contributed by atoms with E-state index in [1.54, 1.807) is 24.3 Å². The number of nitrogens with zero attached hydrogens (tertiary/aromatic N) is 1. The van der Waals surface area contributed by atoms with E-state index in [-0.39, 0.29) is 24.1 Å². The van der Waals surface area contributed by atoms with Gasteiger partial charge in [0.15, 0.2) is 0 Å². The summed E-state index contributed by atoms with van der Waals surface area (Å²) in [5, 5.41) is 14.0. The van der Waals surface area contributed by atoms with Crippen LogP contribution in [0.3, 0.4) is 0 Å². The largest absolute Gasteiger partial charge is 0.397 e. The van der Waals surface area contributed by atoms with Crippen LogP contribution in [0.25, 0.3) is 0 Å². The fourth-order valence-corrected chi connectivity index (χ4v) is 2.77. The third kappa shape index (κ3) is 4.97. The molecule has 10 heteroatoms. The number of hydrogen-bond donors (Lipinski definition) is 3. The van der Waals surface area contributed by atoms with Gasteiger partial charge in [-0.2, -0.15) is 13.2 Å². The van der Waals surface area contributed by atoms with Crippen molar-refractivity contribution in [2.75, 3.05) is 19.6 Å². The zero-order valence-corrected chi connectivity index (χ0v) is 14.6. The number of amides is 3. The molecule has 1 unspecified atom stereocenters. The van der Waals surface area contributed by atoms with Crippen LogP contribution in [0.4, 0.5) is 13.2 Å². The van der Waals surface area contributed by atoms with Gasteiger partial charge in [-0.05, 0) is 19.1 Å². The molecule has 3 N–H and O–H groups in total.